The Morgan fingerprint density at radius 2 is 2.33 bits per heavy atom. The quantitative estimate of drug-likeness (QED) is 0.841. The van der Waals surface area contributed by atoms with Gasteiger partial charge in [-0.1, -0.05) is 23.4 Å². The SMILES string of the molecule is CCOC(=O)C1(CC2CC(c3ccccc3F)=NO2)CCCNC1. The lowest BCUT2D eigenvalue weighted by Crippen LogP contribution is -2.48. The maximum Gasteiger partial charge on any atom is 0.313 e. The second kappa shape index (κ2) is 7.30. The number of esters is 1. The number of benzene rings is 1. The highest BCUT2D eigenvalue weighted by Gasteiger charge is 2.44. The molecule has 6 heteroatoms. The number of carbonyl (C=O) groups is 1. The Morgan fingerprint density at radius 1 is 1.50 bits per heavy atom. The van der Waals surface area contributed by atoms with E-state index in [1.54, 1.807) is 18.2 Å². The summed E-state index contributed by atoms with van der Waals surface area (Å²) in [6.45, 7) is 3.67. The normalized spacial score (nSPS) is 26.6. The molecule has 0 radical (unpaired) electrons. The van der Waals surface area contributed by atoms with Crippen molar-refractivity contribution >= 4 is 11.7 Å². The fourth-order valence-corrected chi connectivity index (χ4v) is 3.51. The van der Waals surface area contributed by atoms with Crippen LogP contribution in [0.4, 0.5) is 4.39 Å². The average molecular weight is 334 g/mol. The van der Waals surface area contributed by atoms with Crippen molar-refractivity contribution in [2.75, 3.05) is 19.7 Å². The fourth-order valence-electron chi connectivity index (χ4n) is 3.51. The summed E-state index contributed by atoms with van der Waals surface area (Å²) in [5.74, 6) is -0.486. The van der Waals surface area contributed by atoms with E-state index >= 15 is 0 Å². The molecule has 1 N–H and O–H groups in total. The van der Waals surface area contributed by atoms with Crippen molar-refractivity contribution in [1.82, 2.24) is 5.32 Å². The minimum Gasteiger partial charge on any atom is -0.466 e. The third-order valence-corrected chi connectivity index (χ3v) is 4.72. The van der Waals surface area contributed by atoms with Crippen molar-refractivity contribution in [2.45, 2.75) is 38.7 Å². The zero-order valence-corrected chi connectivity index (χ0v) is 13.9. The first kappa shape index (κ1) is 16.9. The summed E-state index contributed by atoms with van der Waals surface area (Å²) in [5.41, 5.74) is 0.479. The molecule has 0 saturated carbocycles. The molecule has 24 heavy (non-hydrogen) atoms. The molecule has 0 amide bonds. The first-order chi connectivity index (χ1) is 11.6. The molecule has 0 aromatic heterocycles. The van der Waals surface area contributed by atoms with Crippen molar-refractivity contribution in [3.05, 3.63) is 35.6 Å². The van der Waals surface area contributed by atoms with Crippen LogP contribution in [0.1, 0.15) is 38.2 Å². The molecule has 2 atom stereocenters. The van der Waals surface area contributed by atoms with Crippen molar-refractivity contribution < 1.29 is 18.8 Å². The van der Waals surface area contributed by atoms with Crippen molar-refractivity contribution in [1.29, 1.82) is 0 Å². The molecular formula is C18H23FN2O3. The van der Waals surface area contributed by atoms with Gasteiger partial charge in [0, 0.05) is 24.9 Å². The summed E-state index contributed by atoms with van der Waals surface area (Å²) < 4.78 is 19.2. The van der Waals surface area contributed by atoms with Gasteiger partial charge in [0.15, 0.2) is 0 Å². The van der Waals surface area contributed by atoms with Gasteiger partial charge >= 0.3 is 5.97 Å². The molecule has 0 bridgehead atoms. The maximum absolute atomic E-state index is 13.9. The number of carbonyl (C=O) groups excluding carboxylic acids is 1. The lowest BCUT2D eigenvalue weighted by atomic mass is 9.75. The lowest BCUT2D eigenvalue weighted by Gasteiger charge is -2.36. The van der Waals surface area contributed by atoms with E-state index in [0.717, 1.165) is 19.4 Å². The second-order valence-corrected chi connectivity index (χ2v) is 6.43. The highest BCUT2D eigenvalue weighted by atomic mass is 19.1. The van der Waals surface area contributed by atoms with Crippen LogP contribution in [0, 0.1) is 11.2 Å². The number of hydrogen-bond acceptors (Lipinski definition) is 5. The first-order valence-corrected chi connectivity index (χ1v) is 8.50. The van der Waals surface area contributed by atoms with E-state index in [0.29, 0.717) is 37.3 Å². The summed E-state index contributed by atoms with van der Waals surface area (Å²) in [6.07, 6.45) is 2.49. The highest BCUT2D eigenvalue weighted by Crippen LogP contribution is 2.36. The molecule has 3 rings (SSSR count). The summed E-state index contributed by atoms with van der Waals surface area (Å²) in [5, 5.41) is 7.34. The van der Waals surface area contributed by atoms with E-state index in [1.165, 1.54) is 6.07 Å². The fraction of sp³-hybridized carbons (Fsp3) is 0.556. The van der Waals surface area contributed by atoms with Crippen molar-refractivity contribution in [3.63, 3.8) is 0 Å². The van der Waals surface area contributed by atoms with Gasteiger partial charge in [0.05, 0.1) is 17.7 Å². The van der Waals surface area contributed by atoms with Crippen LogP contribution in [0.5, 0.6) is 0 Å². The molecule has 1 aromatic rings. The van der Waals surface area contributed by atoms with Crippen LogP contribution >= 0.6 is 0 Å². The largest absolute Gasteiger partial charge is 0.466 e. The predicted molar refractivity (Wildman–Crippen MR) is 88.2 cm³/mol. The van der Waals surface area contributed by atoms with E-state index in [2.05, 4.69) is 10.5 Å². The van der Waals surface area contributed by atoms with Gasteiger partial charge in [-0.3, -0.25) is 4.79 Å². The van der Waals surface area contributed by atoms with E-state index in [-0.39, 0.29) is 17.9 Å². The third-order valence-electron chi connectivity index (χ3n) is 4.72. The summed E-state index contributed by atoms with van der Waals surface area (Å²) in [4.78, 5) is 18.0. The van der Waals surface area contributed by atoms with Gasteiger partial charge in [0.2, 0.25) is 0 Å². The summed E-state index contributed by atoms with van der Waals surface area (Å²) >= 11 is 0. The minimum atomic E-state index is -0.584. The van der Waals surface area contributed by atoms with Crippen LogP contribution in [0.15, 0.2) is 29.4 Å². The van der Waals surface area contributed by atoms with Crippen LogP contribution in [-0.4, -0.2) is 37.5 Å². The molecule has 2 unspecified atom stereocenters. The molecule has 0 spiro atoms. The Balaban J connectivity index is 1.69. The number of ether oxygens (including phenoxy) is 1. The molecule has 0 aliphatic carbocycles. The van der Waals surface area contributed by atoms with Crippen LogP contribution in [0.2, 0.25) is 0 Å². The Morgan fingerprint density at radius 3 is 3.04 bits per heavy atom. The molecule has 2 heterocycles. The summed E-state index contributed by atoms with van der Waals surface area (Å²) in [6, 6.07) is 6.54. The number of rotatable bonds is 5. The number of piperidine rings is 1. The van der Waals surface area contributed by atoms with Gasteiger partial charge in [-0.15, -0.1) is 0 Å². The van der Waals surface area contributed by atoms with Gasteiger partial charge in [-0.05, 0) is 32.4 Å². The number of nitrogens with zero attached hydrogens (tertiary/aromatic N) is 1. The van der Waals surface area contributed by atoms with Crippen LogP contribution < -0.4 is 5.32 Å². The van der Waals surface area contributed by atoms with E-state index < -0.39 is 5.41 Å². The minimum absolute atomic E-state index is 0.180. The number of oxime groups is 1. The Hall–Kier alpha value is -1.95. The van der Waals surface area contributed by atoms with Gasteiger partial charge in [0.1, 0.15) is 11.9 Å². The zero-order chi connectivity index (χ0) is 17.0. The molecule has 130 valence electrons. The van der Waals surface area contributed by atoms with Gasteiger partial charge in [-0.25, -0.2) is 4.39 Å². The van der Waals surface area contributed by atoms with Crippen LogP contribution in [0.25, 0.3) is 0 Å². The molecule has 1 aromatic carbocycles. The molecule has 2 aliphatic rings. The van der Waals surface area contributed by atoms with E-state index in [1.807, 2.05) is 6.92 Å². The standard InChI is InChI=1S/C18H23FN2O3/c1-2-23-17(22)18(8-5-9-20-12-18)11-13-10-16(21-24-13)14-6-3-4-7-15(14)19/h3-4,6-7,13,20H,2,5,8-12H2,1H3. The number of nitrogens with one attached hydrogen (secondary N) is 1. The molecule has 1 fully saturated rings. The van der Waals surface area contributed by atoms with Crippen molar-refractivity contribution in [3.8, 4) is 0 Å². The number of hydrogen-bond donors (Lipinski definition) is 1. The second-order valence-electron chi connectivity index (χ2n) is 6.43. The molecule has 1 saturated heterocycles. The summed E-state index contributed by atoms with van der Waals surface area (Å²) in [7, 11) is 0. The van der Waals surface area contributed by atoms with Crippen molar-refractivity contribution in [2.24, 2.45) is 10.6 Å². The lowest BCUT2D eigenvalue weighted by molar-refractivity contribution is -0.159. The Labute approximate surface area is 141 Å². The Kier molecular flexibility index (Phi) is 5.14. The Bertz CT molecular complexity index is 626. The van der Waals surface area contributed by atoms with E-state index in [9.17, 15) is 9.18 Å². The van der Waals surface area contributed by atoms with Gasteiger partial charge in [-0.2, -0.15) is 0 Å². The van der Waals surface area contributed by atoms with Gasteiger partial charge < -0.3 is 14.9 Å². The van der Waals surface area contributed by atoms with Gasteiger partial charge in [0.25, 0.3) is 0 Å². The molecular weight excluding hydrogens is 311 g/mol. The highest BCUT2D eigenvalue weighted by molar-refractivity contribution is 6.01. The zero-order valence-electron chi connectivity index (χ0n) is 13.9. The van der Waals surface area contributed by atoms with Crippen LogP contribution in [0.3, 0.4) is 0 Å². The first-order valence-electron chi connectivity index (χ1n) is 8.50. The maximum atomic E-state index is 13.9. The monoisotopic (exact) mass is 334 g/mol. The smallest absolute Gasteiger partial charge is 0.313 e. The third kappa shape index (κ3) is 3.43. The predicted octanol–water partition coefficient (Wildman–Crippen LogP) is 2.64. The molecule has 5 nitrogen and oxygen atoms in total. The topological polar surface area (TPSA) is 59.9 Å². The number of halogens is 1. The van der Waals surface area contributed by atoms with Crippen LogP contribution in [-0.2, 0) is 14.4 Å². The van der Waals surface area contributed by atoms with E-state index in [4.69, 9.17) is 9.57 Å². The average Bonchev–Trinajstić information content (AvgIpc) is 3.04. The molecule has 2 aliphatic heterocycles.